The molecule has 0 bridgehead atoms. The predicted octanol–water partition coefficient (Wildman–Crippen LogP) is 2.77. The molecule has 2 saturated heterocycles. The Morgan fingerprint density at radius 2 is 1.86 bits per heavy atom. The van der Waals surface area contributed by atoms with Crippen molar-refractivity contribution in [3.8, 4) is 0 Å². The first-order valence-corrected chi connectivity index (χ1v) is 10.5. The lowest BCUT2D eigenvalue weighted by Gasteiger charge is -2.41. The third kappa shape index (κ3) is 4.01. The van der Waals surface area contributed by atoms with Crippen molar-refractivity contribution in [1.29, 1.82) is 0 Å². The number of nitrogens with one attached hydrogen (secondary N) is 2. The number of benzene rings is 1. The summed E-state index contributed by atoms with van der Waals surface area (Å²) in [4.78, 5) is 26.3. The maximum absolute atomic E-state index is 12.3. The van der Waals surface area contributed by atoms with Gasteiger partial charge in [0.25, 0.3) is 0 Å². The van der Waals surface area contributed by atoms with Crippen LogP contribution in [0.4, 0.5) is 5.69 Å². The van der Waals surface area contributed by atoms with Crippen LogP contribution in [0.15, 0.2) is 18.2 Å². The second-order valence-electron chi connectivity index (χ2n) is 9.32. The van der Waals surface area contributed by atoms with Crippen LogP contribution < -0.4 is 10.6 Å². The average molecular weight is 398 g/mol. The van der Waals surface area contributed by atoms with E-state index in [2.05, 4.69) is 53.5 Å². The smallest absolute Gasteiger partial charge is 0.235 e. The van der Waals surface area contributed by atoms with Crippen molar-refractivity contribution >= 4 is 28.4 Å². The molecule has 2 aliphatic rings. The molecule has 2 fully saturated rings. The normalized spacial score (nSPS) is 22.1. The number of likely N-dealkylation sites (tertiary alicyclic amines) is 1. The minimum Gasteiger partial charge on any atom is -0.382 e. The summed E-state index contributed by atoms with van der Waals surface area (Å²) < 4.78 is 1.84. The van der Waals surface area contributed by atoms with Gasteiger partial charge in [-0.2, -0.15) is 5.10 Å². The van der Waals surface area contributed by atoms with E-state index in [0.717, 1.165) is 48.2 Å². The molecule has 3 heterocycles. The van der Waals surface area contributed by atoms with E-state index in [-0.39, 0.29) is 23.3 Å². The number of rotatable bonds is 3. The zero-order valence-corrected chi connectivity index (χ0v) is 17.8. The maximum Gasteiger partial charge on any atom is 0.235 e. The van der Waals surface area contributed by atoms with Crippen LogP contribution in [0.25, 0.3) is 10.9 Å². The first-order valence-electron chi connectivity index (χ1n) is 10.5. The summed E-state index contributed by atoms with van der Waals surface area (Å²) in [5, 5.41) is 11.7. The molecular weight excluding hydrogens is 366 g/mol. The molecule has 1 aromatic carbocycles. The molecule has 2 N–H and O–H groups in total. The topological polar surface area (TPSA) is 79.3 Å². The first kappa shape index (κ1) is 19.9. The fourth-order valence-corrected chi connectivity index (χ4v) is 4.52. The van der Waals surface area contributed by atoms with Crippen molar-refractivity contribution in [1.82, 2.24) is 20.0 Å². The Morgan fingerprint density at radius 3 is 2.52 bits per heavy atom. The lowest BCUT2D eigenvalue weighted by molar-refractivity contribution is -0.134. The zero-order chi connectivity index (χ0) is 20.8. The minimum atomic E-state index is -0.364. The van der Waals surface area contributed by atoms with Crippen LogP contribution in [-0.4, -0.2) is 51.2 Å². The highest BCUT2D eigenvalue weighted by Gasteiger charge is 2.32. The molecule has 0 aliphatic carbocycles. The van der Waals surface area contributed by atoms with Crippen LogP contribution in [0.1, 0.15) is 58.1 Å². The standard InChI is InChI=1S/C22H31N5O2/c1-22(2,3)27-11-9-14(10-12-27)23-15-5-6-16-18(13-15)26(4)25-20(16)17-7-8-19(28)24-21(17)29/h5-6,13-14,17,23H,7-12H2,1-4H3,(H,24,28,29). The SMILES string of the molecule is Cn1nc(C2CCC(=O)NC2=O)c2ccc(NC3CCN(C(C)(C)C)CC3)cc21. The summed E-state index contributed by atoms with van der Waals surface area (Å²) in [6, 6.07) is 6.71. The molecule has 7 nitrogen and oxygen atoms in total. The molecule has 1 aromatic heterocycles. The van der Waals surface area contributed by atoms with Gasteiger partial charge in [0.2, 0.25) is 11.8 Å². The summed E-state index contributed by atoms with van der Waals surface area (Å²) >= 11 is 0. The highest BCUT2D eigenvalue weighted by atomic mass is 16.2. The fraction of sp³-hybridized carbons (Fsp3) is 0.591. The molecule has 1 atom stereocenters. The van der Waals surface area contributed by atoms with Gasteiger partial charge in [-0.3, -0.25) is 24.5 Å². The van der Waals surface area contributed by atoms with Crippen molar-refractivity contribution in [3.05, 3.63) is 23.9 Å². The van der Waals surface area contributed by atoms with E-state index in [1.54, 1.807) is 0 Å². The van der Waals surface area contributed by atoms with Gasteiger partial charge in [-0.15, -0.1) is 0 Å². The molecule has 2 aromatic rings. The number of nitrogens with zero attached hydrogens (tertiary/aromatic N) is 3. The molecule has 1 unspecified atom stereocenters. The summed E-state index contributed by atoms with van der Waals surface area (Å²) in [5.41, 5.74) is 3.08. The lowest BCUT2D eigenvalue weighted by atomic mass is 9.92. The summed E-state index contributed by atoms with van der Waals surface area (Å²) in [5.74, 6) is -0.804. The second-order valence-corrected chi connectivity index (χ2v) is 9.32. The van der Waals surface area contributed by atoms with Crippen LogP contribution in [0, 0.1) is 0 Å². The monoisotopic (exact) mass is 397 g/mol. The fourth-order valence-electron chi connectivity index (χ4n) is 4.52. The van der Waals surface area contributed by atoms with Gasteiger partial charge in [-0.1, -0.05) is 0 Å². The summed E-state index contributed by atoms with van der Waals surface area (Å²) in [6.45, 7) is 9.04. The molecule has 0 radical (unpaired) electrons. The number of hydrogen-bond donors (Lipinski definition) is 2. The maximum atomic E-state index is 12.3. The quantitative estimate of drug-likeness (QED) is 0.779. The van der Waals surface area contributed by atoms with Crippen molar-refractivity contribution in [2.75, 3.05) is 18.4 Å². The van der Waals surface area contributed by atoms with E-state index in [0.29, 0.717) is 18.9 Å². The number of hydrogen-bond acceptors (Lipinski definition) is 5. The Bertz CT molecular complexity index is 935. The number of carbonyl (C=O) groups is 2. The van der Waals surface area contributed by atoms with E-state index >= 15 is 0 Å². The number of carbonyl (C=O) groups excluding carboxylic acids is 2. The van der Waals surface area contributed by atoms with Gasteiger partial charge < -0.3 is 5.32 Å². The number of fused-ring (bicyclic) bond motifs is 1. The Morgan fingerprint density at radius 1 is 1.14 bits per heavy atom. The van der Waals surface area contributed by atoms with Gasteiger partial charge in [0, 0.05) is 49.2 Å². The summed E-state index contributed by atoms with van der Waals surface area (Å²) in [6.07, 6.45) is 3.13. The average Bonchev–Trinajstić information content (AvgIpc) is 2.97. The molecule has 0 saturated carbocycles. The third-order valence-corrected chi connectivity index (χ3v) is 6.26. The molecule has 29 heavy (non-hydrogen) atoms. The van der Waals surface area contributed by atoms with Crippen molar-refractivity contribution in [2.24, 2.45) is 7.05 Å². The van der Waals surface area contributed by atoms with E-state index in [1.165, 1.54) is 0 Å². The Kier molecular flexibility index (Phi) is 5.11. The van der Waals surface area contributed by atoms with E-state index in [4.69, 9.17) is 0 Å². The predicted molar refractivity (Wildman–Crippen MR) is 114 cm³/mol. The van der Waals surface area contributed by atoms with Crippen molar-refractivity contribution in [3.63, 3.8) is 0 Å². The number of aryl methyl sites for hydroxylation is 1. The van der Waals surface area contributed by atoms with Crippen LogP contribution in [-0.2, 0) is 16.6 Å². The molecule has 2 aliphatic heterocycles. The van der Waals surface area contributed by atoms with Gasteiger partial charge in [-0.25, -0.2) is 0 Å². The van der Waals surface area contributed by atoms with Gasteiger partial charge in [0.1, 0.15) is 0 Å². The van der Waals surface area contributed by atoms with Crippen LogP contribution >= 0.6 is 0 Å². The first-order chi connectivity index (χ1) is 13.7. The van der Waals surface area contributed by atoms with Crippen molar-refractivity contribution in [2.45, 2.75) is 64.0 Å². The van der Waals surface area contributed by atoms with Gasteiger partial charge in [0.15, 0.2) is 0 Å². The lowest BCUT2D eigenvalue weighted by Crippen LogP contribution is -2.48. The van der Waals surface area contributed by atoms with Crippen molar-refractivity contribution < 1.29 is 9.59 Å². The van der Waals surface area contributed by atoms with E-state index in [9.17, 15) is 9.59 Å². The summed E-state index contributed by atoms with van der Waals surface area (Å²) in [7, 11) is 1.91. The minimum absolute atomic E-state index is 0.199. The molecule has 7 heteroatoms. The Balaban J connectivity index is 1.50. The van der Waals surface area contributed by atoms with E-state index < -0.39 is 0 Å². The Hall–Kier alpha value is -2.41. The number of piperidine rings is 2. The largest absolute Gasteiger partial charge is 0.382 e. The van der Waals surface area contributed by atoms with Crippen LogP contribution in [0.5, 0.6) is 0 Å². The number of aromatic nitrogens is 2. The van der Waals surface area contributed by atoms with E-state index in [1.807, 2.05) is 17.8 Å². The molecule has 0 spiro atoms. The molecule has 156 valence electrons. The number of anilines is 1. The number of imide groups is 1. The Labute approximate surface area is 171 Å². The number of amides is 2. The second kappa shape index (κ2) is 7.44. The van der Waals surface area contributed by atoms with Crippen LogP contribution in [0.3, 0.4) is 0 Å². The van der Waals surface area contributed by atoms with Gasteiger partial charge in [0.05, 0.1) is 17.1 Å². The molecule has 4 rings (SSSR count). The highest BCUT2D eigenvalue weighted by molar-refractivity contribution is 6.02. The van der Waals surface area contributed by atoms with Crippen LogP contribution in [0.2, 0.25) is 0 Å². The molecule has 2 amide bonds. The van der Waals surface area contributed by atoms with Gasteiger partial charge >= 0.3 is 0 Å². The molecular formula is C22H31N5O2. The third-order valence-electron chi connectivity index (χ3n) is 6.26. The van der Waals surface area contributed by atoms with Gasteiger partial charge in [-0.05, 0) is 58.2 Å². The highest BCUT2D eigenvalue weighted by Crippen LogP contribution is 2.32. The zero-order valence-electron chi connectivity index (χ0n) is 17.8.